The van der Waals surface area contributed by atoms with E-state index in [9.17, 15) is 9.59 Å². The molecule has 0 spiro atoms. The van der Waals surface area contributed by atoms with E-state index in [1.165, 1.54) is 40.5 Å². The first-order chi connectivity index (χ1) is 19.2. The van der Waals surface area contributed by atoms with Crippen molar-refractivity contribution in [1.82, 2.24) is 0 Å². The molecule has 0 unspecified atom stereocenters. The lowest BCUT2D eigenvalue weighted by Gasteiger charge is -2.13. The summed E-state index contributed by atoms with van der Waals surface area (Å²) in [4.78, 5) is 24.8. The highest BCUT2D eigenvalue weighted by atomic mass is 32.2. The van der Waals surface area contributed by atoms with Gasteiger partial charge in [-0.05, 0) is 61.2 Å². The van der Waals surface area contributed by atoms with E-state index >= 15 is 0 Å². The highest BCUT2D eigenvalue weighted by Crippen LogP contribution is 2.41. The molecule has 0 radical (unpaired) electrons. The van der Waals surface area contributed by atoms with Gasteiger partial charge >= 0.3 is 5.97 Å². The summed E-state index contributed by atoms with van der Waals surface area (Å²) in [7, 11) is 0. The molecule has 0 fully saturated rings. The van der Waals surface area contributed by atoms with Gasteiger partial charge in [0, 0.05) is 28.8 Å². The van der Waals surface area contributed by atoms with Gasteiger partial charge in [-0.1, -0.05) is 114 Å². The van der Waals surface area contributed by atoms with Crippen LogP contribution >= 0.6 is 47.0 Å². The highest BCUT2D eigenvalue weighted by Gasteiger charge is 2.16. The Labute approximate surface area is 243 Å². The zero-order valence-electron chi connectivity index (χ0n) is 20.9. The van der Waals surface area contributed by atoms with Crippen molar-refractivity contribution < 1.29 is 14.3 Å². The SMILES string of the molecule is O=C(CCCC(=O)c1ccccc1)OCc1ccc2c(=C3SC=CS3)c3ccccc3c(=C3SC=CS3)c2c1. The highest BCUT2D eigenvalue weighted by molar-refractivity contribution is 8.35. The average Bonchev–Trinajstić information content (AvgIpc) is 3.70. The number of thioether (sulfide) groups is 4. The first-order valence-electron chi connectivity index (χ1n) is 12.6. The van der Waals surface area contributed by atoms with E-state index in [1.807, 2.05) is 18.2 Å². The van der Waals surface area contributed by atoms with Crippen LogP contribution < -0.4 is 10.4 Å². The van der Waals surface area contributed by atoms with Gasteiger partial charge in [0.15, 0.2) is 5.78 Å². The van der Waals surface area contributed by atoms with Crippen LogP contribution in [0.15, 0.2) is 94.4 Å². The van der Waals surface area contributed by atoms with Crippen LogP contribution in [0.4, 0.5) is 0 Å². The number of Topliss-reactive ketones (excluding diaryl/α,β-unsaturated/α-hetero) is 1. The molecule has 39 heavy (non-hydrogen) atoms. The van der Waals surface area contributed by atoms with Crippen molar-refractivity contribution in [3.8, 4) is 0 Å². The summed E-state index contributed by atoms with van der Waals surface area (Å²) in [5.41, 5.74) is 1.63. The Hall–Kier alpha value is -2.84. The van der Waals surface area contributed by atoms with E-state index in [1.54, 1.807) is 59.2 Å². The molecule has 6 rings (SSSR count). The van der Waals surface area contributed by atoms with Crippen molar-refractivity contribution in [3.05, 3.63) is 116 Å². The zero-order valence-corrected chi connectivity index (χ0v) is 24.2. The molecule has 0 aliphatic carbocycles. The molecule has 7 heteroatoms. The van der Waals surface area contributed by atoms with Crippen LogP contribution in [-0.4, -0.2) is 11.8 Å². The second-order valence-corrected chi connectivity index (χ2v) is 13.3. The third-order valence-corrected chi connectivity index (χ3v) is 10.8. The van der Waals surface area contributed by atoms with E-state index in [0.29, 0.717) is 18.4 Å². The van der Waals surface area contributed by atoms with Crippen LogP contribution in [0.3, 0.4) is 0 Å². The number of carbonyl (C=O) groups excluding carboxylic acids is 2. The lowest BCUT2D eigenvalue weighted by molar-refractivity contribution is -0.145. The van der Waals surface area contributed by atoms with Crippen LogP contribution in [-0.2, 0) is 16.1 Å². The maximum atomic E-state index is 12.5. The summed E-state index contributed by atoms with van der Waals surface area (Å²) in [6.45, 7) is 0.207. The summed E-state index contributed by atoms with van der Waals surface area (Å²) in [5.74, 6) is -0.231. The second-order valence-electron chi connectivity index (χ2n) is 9.07. The number of fused-ring (bicyclic) bond motifs is 2. The smallest absolute Gasteiger partial charge is 0.306 e. The fraction of sp³-hybridized carbons (Fsp3) is 0.125. The van der Waals surface area contributed by atoms with Crippen molar-refractivity contribution in [2.45, 2.75) is 25.9 Å². The first-order valence-corrected chi connectivity index (χ1v) is 16.1. The Morgan fingerprint density at radius 2 is 1.18 bits per heavy atom. The fourth-order valence-corrected chi connectivity index (χ4v) is 8.65. The number of rotatable bonds is 7. The van der Waals surface area contributed by atoms with Gasteiger partial charge in [0.25, 0.3) is 0 Å². The normalized spacial score (nSPS) is 14.6. The van der Waals surface area contributed by atoms with Crippen molar-refractivity contribution in [3.63, 3.8) is 0 Å². The molecule has 0 saturated carbocycles. The molecule has 194 valence electrons. The maximum absolute atomic E-state index is 12.5. The topological polar surface area (TPSA) is 43.4 Å². The van der Waals surface area contributed by atoms with Crippen LogP contribution in [0.2, 0.25) is 0 Å². The van der Waals surface area contributed by atoms with Crippen molar-refractivity contribution >= 4 is 88.8 Å². The van der Waals surface area contributed by atoms with E-state index in [4.69, 9.17) is 4.74 Å². The third-order valence-electron chi connectivity index (χ3n) is 6.59. The quantitative estimate of drug-likeness (QED) is 0.123. The molecule has 2 aliphatic heterocycles. The molecule has 4 aromatic rings. The van der Waals surface area contributed by atoms with Gasteiger partial charge in [-0.2, -0.15) is 0 Å². The minimum Gasteiger partial charge on any atom is -0.461 e. The summed E-state index contributed by atoms with van der Waals surface area (Å²) in [6.07, 6.45) is 1.04. The van der Waals surface area contributed by atoms with Gasteiger partial charge in [0.2, 0.25) is 0 Å². The number of benzene rings is 4. The molecular weight excluding hydrogens is 561 g/mol. The van der Waals surface area contributed by atoms with Crippen molar-refractivity contribution in [1.29, 1.82) is 0 Å². The largest absolute Gasteiger partial charge is 0.461 e. The van der Waals surface area contributed by atoms with Crippen molar-refractivity contribution in [2.75, 3.05) is 0 Å². The molecule has 0 amide bonds. The second kappa shape index (κ2) is 12.1. The Bertz CT molecular complexity index is 1750. The van der Waals surface area contributed by atoms with Gasteiger partial charge in [-0.3, -0.25) is 9.59 Å². The van der Waals surface area contributed by atoms with E-state index in [2.05, 4.69) is 64.1 Å². The lowest BCUT2D eigenvalue weighted by atomic mass is 9.97. The van der Waals surface area contributed by atoms with Crippen LogP contribution in [0.25, 0.3) is 30.0 Å². The molecule has 4 aromatic carbocycles. The Morgan fingerprint density at radius 1 is 0.615 bits per heavy atom. The molecule has 0 N–H and O–H groups in total. The molecule has 2 heterocycles. The maximum Gasteiger partial charge on any atom is 0.306 e. The van der Waals surface area contributed by atoms with Gasteiger partial charge in [0.05, 0.1) is 8.47 Å². The minimum atomic E-state index is -0.281. The molecule has 0 aromatic heterocycles. The predicted octanol–water partition coefficient (Wildman–Crippen LogP) is 8.12. The fourth-order valence-electron chi connectivity index (χ4n) is 4.80. The number of hydrogen-bond acceptors (Lipinski definition) is 7. The van der Waals surface area contributed by atoms with Gasteiger partial charge in [0.1, 0.15) is 6.61 Å². The Morgan fingerprint density at radius 3 is 1.82 bits per heavy atom. The van der Waals surface area contributed by atoms with Crippen LogP contribution in [0.1, 0.15) is 35.2 Å². The minimum absolute atomic E-state index is 0.0507. The zero-order chi connectivity index (χ0) is 26.6. The lowest BCUT2D eigenvalue weighted by Crippen LogP contribution is -2.17. The standard InChI is InChI=1S/C32H24O3S4/c33-27(22-7-2-1-3-8-22)11-6-12-28(34)35-20-21-13-14-25-26(19-21)30(32-38-17-18-39-32)24-10-5-4-9-23(24)29(25)31-36-15-16-37-31/h1-5,7-10,13-19H,6,11-12,20H2. The average molecular weight is 585 g/mol. The Kier molecular flexibility index (Phi) is 8.21. The van der Waals surface area contributed by atoms with Gasteiger partial charge < -0.3 is 4.74 Å². The van der Waals surface area contributed by atoms with E-state index in [-0.39, 0.29) is 24.8 Å². The monoisotopic (exact) mass is 584 g/mol. The number of esters is 1. The van der Waals surface area contributed by atoms with Crippen LogP contribution in [0.5, 0.6) is 0 Å². The molecule has 0 bridgehead atoms. The van der Waals surface area contributed by atoms with Gasteiger partial charge in [-0.15, -0.1) is 0 Å². The number of carbonyl (C=O) groups is 2. The van der Waals surface area contributed by atoms with Crippen molar-refractivity contribution in [2.24, 2.45) is 0 Å². The molecular formula is C32H24O3S4. The number of ketones is 1. The third kappa shape index (κ3) is 5.73. The predicted molar refractivity (Wildman–Crippen MR) is 171 cm³/mol. The molecule has 2 aliphatic rings. The molecule has 3 nitrogen and oxygen atoms in total. The number of hydrogen-bond donors (Lipinski definition) is 0. The summed E-state index contributed by atoms with van der Waals surface area (Å²) in [6, 6.07) is 24.3. The van der Waals surface area contributed by atoms with E-state index < -0.39 is 0 Å². The van der Waals surface area contributed by atoms with E-state index in [0.717, 1.165) is 5.56 Å². The summed E-state index contributed by atoms with van der Waals surface area (Å²) in [5, 5.41) is 15.9. The van der Waals surface area contributed by atoms with Gasteiger partial charge in [-0.25, -0.2) is 0 Å². The Balaban J connectivity index is 1.29. The summed E-state index contributed by atoms with van der Waals surface area (Å²) >= 11 is 7.04. The molecule has 0 atom stereocenters. The summed E-state index contributed by atoms with van der Waals surface area (Å²) < 4.78 is 8.18. The number of ether oxygens (including phenoxy) is 1. The van der Waals surface area contributed by atoms with Crippen LogP contribution in [0, 0.1) is 0 Å². The molecule has 0 saturated heterocycles. The first kappa shape index (κ1) is 26.4.